The summed E-state index contributed by atoms with van der Waals surface area (Å²) in [4.78, 5) is 14.0. The fourth-order valence-corrected chi connectivity index (χ4v) is 2.03. The maximum atomic E-state index is 12.0. The molecule has 1 aliphatic rings. The highest BCUT2D eigenvalue weighted by molar-refractivity contribution is 5.78. The number of carbonyl (C=O) groups is 1. The summed E-state index contributed by atoms with van der Waals surface area (Å²) >= 11 is 0. The Labute approximate surface area is 86.9 Å². The Bertz CT molecular complexity index is 190. The van der Waals surface area contributed by atoms with Crippen LogP contribution >= 0.6 is 0 Å². The second kappa shape index (κ2) is 5.35. The van der Waals surface area contributed by atoms with E-state index in [-0.39, 0.29) is 5.92 Å². The summed E-state index contributed by atoms with van der Waals surface area (Å²) in [7, 11) is 0. The predicted molar refractivity (Wildman–Crippen MR) is 58.1 cm³/mol. The van der Waals surface area contributed by atoms with Gasteiger partial charge in [-0.15, -0.1) is 0 Å². The van der Waals surface area contributed by atoms with E-state index < -0.39 is 0 Å². The molecule has 1 heterocycles. The molecular formula is C11H22N2O. The maximum absolute atomic E-state index is 12.0. The molecule has 0 unspecified atom stereocenters. The summed E-state index contributed by atoms with van der Waals surface area (Å²) in [6.45, 7) is 9.00. The molecule has 1 saturated heterocycles. The lowest BCUT2D eigenvalue weighted by Crippen LogP contribution is -2.52. The predicted octanol–water partition coefficient (Wildman–Crippen LogP) is 1.24. The zero-order valence-corrected chi connectivity index (χ0v) is 9.55. The number of hydrogen-bond acceptors (Lipinski definition) is 2. The second-order valence-corrected chi connectivity index (χ2v) is 4.15. The van der Waals surface area contributed by atoms with E-state index in [9.17, 15) is 4.79 Å². The van der Waals surface area contributed by atoms with Crippen LogP contribution in [0.4, 0.5) is 0 Å². The van der Waals surface area contributed by atoms with E-state index in [2.05, 4.69) is 26.1 Å². The topological polar surface area (TPSA) is 32.3 Å². The van der Waals surface area contributed by atoms with Crippen LogP contribution in [0.2, 0.25) is 0 Å². The number of nitrogens with one attached hydrogen (secondary N) is 1. The lowest BCUT2D eigenvalue weighted by Gasteiger charge is -2.34. The molecule has 1 N–H and O–H groups in total. The third-order valence-electron chi connectivity index (χ3n) is 3.02. The van der Waals surface area contributed by atoms with E-state index in [4.69, 9.17) is 0 Å². The van der Waals surface area contributed by atoms with Crippen LogP contribution in [-0.4, -0.2) is 36.5 Å². The molecule has 1 fully saturated rings. The van der Waals surface area contributed by atoms with Crippen molar-refractivity contribution in [3.8, 4) is 0 Å². The zero-order chi connectivity index (χ0) is 10.6. The van der Waals surface area contributed by atoms with Crippen molar-refractivity contribution in [2.75, 3.05) is 19.6 Å². The van der Waals surface area contributed by atoms with Gasteiger partial charge in [0, 0.05) is 31.6 Å². The van der Waals surface area contributed by atoms with Gasteiger partial charge in [0.1, 0.15) is 0 Å². The summed E-state index contributed by atoms with van der Waals surface area (Å²) in [5.74, 6) is 0.587. The fraction of sp³-hybridized carbons (Fsp3) is 0.909. The van der Waals surface area contributed by atoms with Gasteiger partial charge < -0.3 is 10.2 Å². The zero-order valence-electron chi connectivity index (χ0n) is 9.55. The first-order valence-corrected chi connectivity index (χ1v) is 5.71. The summed E-state index contributed by atoms with van der Waals surface area (Å²) in [5.41, 5.74) is 0. The molecule has 0 radical (unpaired) electrons. The Kier molecular flexibility index (Phi) is 4.39. The molecule has 0 aromatic carbocycles. The first kappa shape index (κ1) is 11.5. The molecule has 1 rings (SSSR count). The Morgan fingerprint density at radius 3 is 2.64 bits per heavy atom. The number of hydrogen-bond donors (Lipinski definition) is 1. The van der Waals surface area contributed by atoms with Gasteiger partial charge in [0.2, 0.25) is 5.91 Å². The molecule has 0 bridgehead atoms. The summed E-state index contributed by atoms with van der Waals surface area (Å²) < 4.78 is 0. The van der Waals surface area contributed by atoms with Crippen molar-refractivity contribution < 1.29 is 4.79 Å². The van der Waals surface area contributed by atoms with E-state index in [1.54, 1.807) is 0 Å². The van der Waals surface area contributed by atoms with E-state index >= 15 is 0 Å². The molecular weight excluding hydrogens is 176 g/mol. The molecule has 1 atom stereocenters. The normalized spacial score (nSPS) is 22.9. The minimum Gasteiger partial charge on any atom is -0.340 e. The van der Waals surface area contributed by atoms with Gasteiger partial charge in [-0.05, 0) is 19.8 Å². The van der Waals surface area contributed by atoms with Gasteiger partial charge in [-0.2, -0.15) is 0 Å². The van der Waals surface area contributed by atoms with Gasteiger partial charge in [0.15, 0.2) is 0 Å². The highest BCUT2D eigenvalue weighted by Gasteiger charge is 2.24. The summed E-state index contributed by atoms with van der Waals surface area (Å²) in [5, 5.41) is 3.35. The lowest BCUT2D eigenvalue weighted by molar-refractivity contribution is -0.136. The van der Waals surface area contributed by atoms with Gasteiger partial charge in [-0.3, -0.25) is 4.79 Å². The van der Waals surface area contributed by atoms with Crippen LogP contribution in [0, 0.1) is 5.92 Å². The largest absolute Gasteiger partial charge is 0.340 e. The van der Waals surface area contributed by atoms with Gasteiger partial charge in [-0.25, -0.2) is 0 Å². The van der Waals surface area contributed by atoms with E-state index in [0.29, 0.717) is 11.9 Å². The van der Waals surface area contributed by atoms with Crippen LogP contribution in [0.1, 0.15) is 33.6 Å². The van der Waals surface area contributed by atoms with Crippen molar-refractivity contribution in [3.05, 3.63) is 0 Å². The average molecular weight is 198 g/mol. The van der Waals surface area contributed by atoms with Crippen LogP contribution in [0.3, 0.4) is 0 Å². The SMILES string of the molecule is CCC(CC)C(=O)N1CCN[C@@H](C)C1. The molecule has 82 valence electrons. The molecule has 3 heteroatoms. The molecule has 0 aromatic heterocycles. The minimum atomic E-state index is 0.236. The average Bonchev–Trinajstić information content (AvgIpc) is 2.19. The summed E-state index contributed by atoms with van der Waals surface area (Å²) in [6.07, 6.45) is 1.93. The molecule has 3 nitrogen and oxygen atoms in total. The number of piperazine rings is 1. The van der Waals surface area contributed by atoms with Crippen molar-refractivity contribution in [2.45, 2.75) is 39.7 Å². The van der Waals surface area contributed by atoms with Crippen molar-refractivity contribution in [1.82, 2.24) is 10.2 Å². The molecule has 1 aliphatic heterocycles. The molecule has 0 saturated carbocycles. The molecule has 14 heavy (non-hydrogen) atoms. The van der Waals surface area contributed by atoms with Crippen LogP contribution in [0.5, 0.6) is 0 Å². The Morgan fingerprint density at radius 1 is 1.50 bits per heavy atom. The van der Waals surface area contributed by atoms with Crippen molar-refractivity contribution >= 4 is 5.91 Å². The molecule has 0 spiro atoms. The molecule has 0 aromatic rings. The monoisotopic (exact) mass is 198 g/mol. The Morgan fingerprint density at radius 2 is 2.14 bits per heavy atom. The first-order chi connectivity index (χ1) is 6.69. The maximum Gasteiger partial charge on any atom is 0.225 e. The van der Waals surface area contributed by atoms with Crippen LogP contribution in [-0.2, 0) is 4.79 Å². The smallest absolute Gasteiger partial charge is 0.225 e. The van der Waals surface area contributed by atoms with E-state index in [0.717, 1.165) is 32.5 Å². The quantitative estimate of drug-likeness (QED) is 0.740. The Balaban J connectivity index is 2.50. The lowest BCUT2D eigenvalue weighted by atomic mass is 10.0. The van der Waals surface area contributed by atoms with Gasteiger partial charge in [-0.1, -0.05) is 13.8 Å². The standard InChI is InChI=1S/C11H22N2O/c1-4-10(5-2)11(14)13-7-6-12-9(3)8-13/h9-10,12H,4-8H2,1-3H3/t9-/m0/s1. The van der Waals surface area contributed by atoms with Crippen molar-refractivity contribution in [2.24, 2.45) is 5.92 Å². The third kappa shape index (κ3) is 2.71. The highest BCUT2D eigenvalue weighted by atomic mass is 16.2. The number of carbonyl (C=O) groups excluding carboxylic acids is 1. The fourth-order valence-electron chi connectivity index (χ4n) is 2.03. The van der Waals surface area contributed by atoms with Crippen molar-refractivity contribution in [3.63, 3.8) is 0 Å². The van der Waals surface area contributed by atoms with Gasteiger partial charge in [0.05, 0.1) is 0 Å². The molecule has 0 aliphatic carbocycles. The van der Waals surface area contributed by atoms with Crippen LogP contribution in [0.25, 0.3) is 0 Å². The van der Waals surface area contributed by atoms with Crippen LogP contribution in [0.15, 0.2) is 0 Å². The molecule has 1 amide bonds. The number of rotatable bonds is 3. The first-order valence-electron chi connectivity index (χ1n) is 5.71. The van der Waals surface area contributed by atoms with Gasteiger partial charge in [0.25, 0.3) is 0 Å². The summed E-state index contributed by atoms with van der Waals surface area (Å²) in [6, 6.07) is 0.446. The van der Waals surface area contributed by atoms with E-state index in [1.165, 1.54) is 0 Å². The van der Waals surface area contributed by atoms with Crippen molar-refractivity contribution in [1.29, 1.82) is 0 Å². The van der Waals surface area contributed by atoms with Crippen LogP contribution < -0.4 is 5.32 Å². The van der Waals surface area contributed by atoms with Gasteiger partial charge >= 0.3 is 0 Å². The van der Waals surface area contributed by atoms with E-state index in [1.807, 2.05) is 4.90 Å². The highest BCUT2D eigenvalue weighted by Crippen LogP contribution is 2.13. The second-order valence-electron chi connectivity index (χ2n) is 4.15. The number of amides is 1. The Hall–Kier alpha value is -0.570. The minimum absolute atomic E-state index is 0.236. The third-order valence-corrected chi connectivity index (χ3v) is 3.02. The number of nitrogens with zero attached hydrogens (tertiary/aromatic N) is 1.